The van der Waals surface area contributed by atoms with E-state index in [0.717, 1.165) is 38.8 Å². The number of allylic oxidation sites excluding steroid dienone is 2. The molecular weight excluding hydrogens is 302 g/mol. The summed E-state index contributed by atoms with van der Waals surface area (Å²) in [5.41, 5.74) is 0.388. The number of hydrogen-bond donors (Lipinski definition) is 1. The SMILES string of the molecule is N#CC(C#N)=C(C#N)Nc1ccccc1C(=O)N1CCCCCC1. The number of hydrogen-bond acceptors (Lipinski definition) is 5. The van der Waals surface area contributed by atoms with Gasteiger partial charge in [-0.25, -0.2) is 0 Å². The first-order valence-corrected chi connectivity index (χ1v) is 7.81. The van der Waals surface area contributed by atoms with Crippen molar-refractivity contribution >= 4 is 11.6 Å². The highest BCUT2D eigenvalue weighted by Crippen LogP contribution is 2.21. The summed E-state index contributed by atoms with van der Waals surface area (Å²) in [4.78, 5) is 14.6. The number of nitrogens with zero attached hydrogens (tertiary/aromatic N) is 4. The zero-order valence-corrected chi connectivity index (χ0v) is 13.2. The summed E-state index contributed by atoms with van der Waals surface area (Å²) in [5, 5.41) is 29.8. The minimum Gasteiger partial charge on any atom is -0.344 e. The van der Waals surface area contributed by atoms with Gasteiger partial charge in [-0.15, -0.1) is 0 Å². The molecule has 0 aliphatic carbocycles. The number of likely N-dealkylation sites (tertiary alicyclic amines) is 1. The van der Waals surface area contributed by atoms with E-state index in [-0.39, 0.29) is 17.2 Å². The van der Waals surface area contributed by atoms with E-state index in [0.29, 0.717) is 11.3 Å². The van der Waals surface area contributed by atoms with E-state index in [2.05, 4.69) is 5.32 Å². The smallest absolute Gasteiger partial charge is 0.255 e. The quantitative estimate of drug-likeness (QED) is 0.863. The second-order valence-electron chi connectivity index (χ2n) is 5.46. The Labute approximate surface area is 141 Å². The van der Waals surface area contributed by atoms with Crippen LogP contribution in [0.15, 0.2) is 35.5 Å². The maximum atomic E-state index is 12.8. The van der Waals surface area contributed by atoms with Crippen molar-refractivity contribution < 1.29 is 4.79 Å². The predicted octanol–water partition coefficient (Wildman–Crippen LogP) is 2.94. The van der Waals surface area contributed by atoms with Crippen molar-refractivity contribution in [3.8, 4) is 18.2 Å². The molecule has 0 saturated carbocycles. The molecular formula is C18H17N5O. The summed E-state index contributed by atoms with van der Waals surface area (Å²) in [6, 6.07) is 12.0. The van der Waals surface area contributed by atoms with E-state index in [1.807, 2.05) is 4.90 Å². The molecule has 2 rings (SSSR count). The Morgan fingerprint density at radius 3 is 2.17 bits per heavy atom. The standard InChI is InChI=1S/C18H17N5O/c19-11-14(12-20)17(13-21)22-16-8-4-3-7-15(16)18(24)23-9-5-1-2-6-10-23/h3-4,7-8,22H,1-2,5-6,9-10H2. The van der Waals surface area contributed by atoms with Crippen molar-refractivity contribution in [2.24, 2.45) is 0 Å². The number of rotatable bonds is 3. The molecule has 0 radical (unpaired) electrons. The van der Waals surface area contributed by atoms with E-state index < -0.39 is 0 Å². The second-order valence-corrected chi connectivity index (χ2v) is 5.46. The van der Waals surface area contributed by atoms with E-state index >= 15 is 0 Å². The predicted molar refractivity (Wildman–Crippen MR) is 88.3 cm³/mol. The van der Waals surface area contributed by atoms with Crippen molar-refractivity contribution in [1.82, 2.24) is 4.90 Å². The number of carbonyl (C=O) groups excluding carboxylic acids is 1. The average Bonchev–Trinajstić information content (AvgIpc) is 2.91. The lowest BCUT2D eigenvalue weighted by Crippen LogP contribution is -2.32. The Bertz CT molecular complexity index is 752. The summed E-state index contributed by atoms with van der Waals surface area (Å²) in [6.45, 7) is 1.44. The molecule has 1 amide bonds. The van der Waals surface area contributed by atoms with Crippen LogP contribution in [0.1, 0.15) is 36.0 Å². The minimum atomic E-state index is -0.311. The molecule has 0 atom stereocenters. The molecule has 0 aromatic heterocycles. The van der Waals surface area contributed by atoms with Gasteiger partial charge in [0.25, 0.3) is 5.91 Å². The lowest BCUT2D eigenvalue weighted by Gasteiger charge is -2.22. The summed E-state index contributed by atoms with van der Waals surface area (Å²) < 4.78 is 0. The van der Waals surface area contributed by atoms with Gasteiger partial charge in [-0.2, -0.15) is 15.8 Å². The van der Waals surface area contributed by atoms with Crippen LogP contribution in [0.5, 0.6) is 0 Å². The van der Waals surface area contributed by atoms with Crippen molar-refractivity contribution in [3.05, 3.63) is 41.1 Å². The highest BCUT2D eigenvalue weighted by atomic mass is 16.2. The fourth-order valence-electron chi connectivity index (χ4n) is 2.64. The Morgan fingerprint density at radius 2 is 1.58 bits per heavy atom. The summed E-state index contributed by atoms with van der Waals surface area (Å²) >= 11 is 0. The summed E-state index contributed by atoms with van der Waals surface area (Å²) in [6.07, 6.45) is 4.22. The first-order valence-electron chi connectivity index (χ1n) is 7.81. The Morgan fingerprint density at radius 1 is 0.958 bits per heavy atom. The first-order chi connectivity index (χ1) is 11.7. The Balaban J connectivity index is 2.32. The molecule has 0 bridgehead atoms. The highest BCUT2D eigenvalue weighted by Gasteiger charge is 2.20. The van der Waals surface area contributed by atoms with Crippen molar-refractivity contribution in [1.29, 1.82) is 15.8 Å². The van der Waals surface area contributed by atoms with Crippen molar-refractivity contribution in [3.63, 3.8) is 0 Å². The van der Waals surface area contributed by atoms with Gasteiger partial charge in [-0.1, -0.05) is 25.0 Å². The van der Waals surface area contributed by atoms with Crippen LogP contribution in [0.4, 0.5) is 5.69 Å². The molecule has 1 N–H and O–H groups in total. The van der Waals surface area contributed by atoms with Gasteiger partial charge < -0.3 is 10.2 Å². The molecule has 1 heterocycles. The van der Waals surface area contributed by atoms with Crippen LogP contribution in [0.3, 0.4) is 0 Å². The fraction of sp³-hybridized carbons (Fsp3) is 0.333. The number of nitrogens with one attached hydrogen (secondary N) is 1. The molecule has 120 valence electrons. The van der Waals surface area contributed by atoms with E-state index in [1.165, 1.54) is 0 Å². The fourth-order valence-corrected chi connectivity index (χ4v) is 2.64. The van der Waals surface area contributed by atoms with Crippen molar-refractivity contribution in [2.75, 3.05) is 18.4 Å². The van der Waals surface area contributed by atoms with E-state index in [1.54, 1.807) is 42.5 Å². The van der Waals surface area contributed by atoms with E-state index in [9.17, 15) is 4.79 Å². The van der Waals surface area contributed by atoms with Crippen LogP contribution in [0.2, 0.25) is 0 Å². The lowest BCUT2D eigenvalue weighted by molar-refractivity contribution is 0.0762. The molecule has 1 aromatic carbocycles. The number of amides is 1. The Kier molecular flexibility index (Phi) is 5.95. The van der Waals surface area contributed by atoms with Crippen LogP contribution in [0, 0.1) is 34.0 Å². The van der Waals surface area contributed by atoms with Crippen LogP contribution >= 0.6 is 0 Å². The molecule has 1 aliphatic rings. The van der Waals surface area contributed by atoms with Gasteiger partial charge in [-0.3, -0.25) is 4.79 Å². The second kappa shape index (κ2) is 8.36. The van der Waals surface area contributed by atoms with Gasteiger partial charge in [0.05, 0.1) is 11.3 Å². The van der Waals surface area contributed by atoms with Gasteiger partial charge in [-0.05, 0) is 25.0 Å². The largest absolute Gasteiger partial charge is 0.344 e. The number of para-hydroxylation sites is 1. The third-order valence-corrected chi connectivity index (χ3v) is 3.90. The van der Waals surface area contributed by atoms with Gasteiger partial charge >= 0.3 is 0 Å². The lowest BCUT2D eigenvalue weighted by atomic mass is 10.1. The molecule has 1 aromatic rings. The third kappa shape index (κ3) is 3.91. The van der Waals surface area contributed by atoms with Gasteiger partial charge in [0.1, 0.15) is 23.9 Å². The van der Waals surface area contributed by atoms with Crippen molar-refractivity contribution in [2.45, 2.75) is 25.7 Å². The van der Waals surface area contributed by atoms with Gasteiger partial charge in [0.2, 0.25) is 0 Å². The number of benzene rings is 1. The zero-order chi connectivity index (χ0) is 17.4. The van der Waals surface area contributed by atoms with Gasteiger partial charge in [0.15, 0.2) is 5.57 Å². The normalized spacial score (nSPS) is 13.6. The first kappa shape index (κ1) is 17.1. The molecule has 6 heteroatoms. The highest BCUT2D eigenvalue weighted by molar-refractivity contribution is 6.00. The van der Waals surface area contributed by atoms with Gasteiger partial charge in [0, 0.05) is 13.1 Å². The summed E-state index contributed by atoms with van der Waals surface area (Å²) in [7, 11) is 0. The maximum absolute atomic E-state index is 12.8. The molecule has 24 heavy (non-hydrogen) atoms. The average molecular weight is 319 g/mol. The number of carbonyl (C=O) groups is 1. The van der Waals surface area contributed by atoms with Crippen LogP contribution in [0.25, 0.3) is 0 Å². The minimum absolute atomic E-state index is 0.104. The maximum Gasteiger partial charge on any atom is 0.255 e. The van der Waals surface area contributed by atoms with Crippen LogP contribution < -0.4 is 5.32 Å². The zero-order valence-electron chi connectivity index (χ0n) is 13.2. The van der Waals surface area contributed by atoms with E-state index in [4.69, 9.17) is 15.8 Å². The molecule has 0 unspecified atom stereocenters. The number of anilines is 1. The van der Waals surface area contributed by atoms with Crippen LogP contribution in [-0.2, 0) is 0 Å². The number of nitriles is 3. The molecule has 1 fully saturated rings. The Hall–Kier alpha value is -3.30. The molecule has 1 aliphatic heterocycles. The van der Waals surface area contributed by atoms with Crippen LogP contribution in [-0.4, -0.2) is 23.9 Å². The molecule has 6 nitrogen and oxygen atoms in total. The molecule has 0 spiro atoms. The summed E-state index contributed by atoms with van der Waals surface area (Å²) in [5.74, 6) is -0.104. The topological polar surface area (TPSA) is 104 Å². The molecule has 1 saturated heterocycles. The monoisotopic (exact) mass is 319 g/mol. The third-order valence-electron chi connectivity index (χ3n) is 3.90.